The van der Waals surface area contributed by atoms with Gasteiger partial charge in [0.1, 0.15) is 5.54 Å². The van der Waals surface area contributed by atoms with Crippen LogP contribution in [0.2, 0.25) is 0 Å². The van der Waals surface area contributed by atoms with Crippen LogP contribution in [0.25, 0.3) is 0 Å². The lowest BCUT2D eigenvalue weighted by Crippen LogP contribution is -2.51. The minimum atomic E-state index is -0.530. The Balaban J connectivity index is 2.40. The van der Waals surface area contributed by atoms with Crippen molar-refractivity contribution in [2.75, 3.05) is 20.7 Å². The topological polar surface area (TPSA) is 41.6 Å². The van der Waals surface area contributed by atoms with Crippen LogP contribution in [0.3, 0.4) is 0 Å². The molecule has 2 unspecified atom stereocenters. The van der Waals surface area contributed by atoms with Crippen LogP contribution in [0, 0.1) is 5.92 Å². The van der Waals surface area contributed by atoms with Crippen LogP contribution in [-0.2, 0) is 9.53 Å². The number of hydrogen-bond donors (Lipinski definition) is 1. The lowest BCUT2D eigenvalue weighted by molar-refractivity contribution is -0.148. The Morgan fingerprint density at radius 3 is 2.48 bits per heavy atom. The lowest BCUT2D eigenvalue weighted by Gasteiger charge is -2.30. The average molecular weight is 298 g/mol. The summed E-state index contributed by atoms with van der Waals surface area (Å²) >= 11 is 0. The molecule has 1 aliphatic carbocycles. The van der Waals surface area contributed by atoms with Crippen LogP contribution in [0.1, 0.15) is 59.8 Å². The SMILES string of the molecule is COC(=O)C(C)(CCCN(C)C(C)CC(C)C)NC1CC1. The van der Waals surface area contributed by atoms with Crippen molar-refractivity contribution >= 4 is 5.97 Å². The molecule has 0 aromatic carbocycles. The average Bonchev–Trinajstić information content (AvgIpc) is 3.20. The van der Waals surface area contributed by atoms with Crippen LogP contribution in [-0.4, -0.2) is 49.2 Å². The summed E-state index contributed by atoms with van der Waals surface area (Å²) < 4.78 is 4.99. The van der Waals surface area contributed by atoms with E-state index in [2.05, 4.69) is 38.0 Å². The monoisotopic (exact) mass is 298 g/mol. The van der Waals surface area contributed by atoms with Gasteiger partial charge in [0, 0.05) is 12.1 Å². The summed E-state index contributed by atoms with van der Waals surface area (Å²) in [7, 11) is 3.66. The molecule has 4 nitrogen and oxygen atoms in total. The van der Waals surface area contributed by atoms with E-state index < -0.39 is 5.54 Å². The number of nitrogens with one attached hydrogen (secondary N) is 1. The van der Waals surface area contributed by atoms with Crippen molar-refractivity contribution in [2.45, 2.75) is 77.4 Å². The molecular weight excluding hydrogens is 264 g/mol. The van der Waals surface area contributed by atoms with Gasteiger partial charge in [-0.05, 0) is 65.5 Å². The molecule has 124 valence electrons. The Morgan fingerprint density at radius 2 is 2.00 bits per heavy atom. The molecule has 0 aromatic rings. The van der Waals surface area contributed by atoms with Gasteiger partial charge < -0.3 is 9.64 Å². The molecule has 2 atom stereocenters. The Hall–Kier alpha value is -0.610. The van der Waals surface area contributed by atoms with Crippen molar-refractivity contribution in [1.82, 2.24) is 10.2 Å². The fourth-order valence-electron chi connectivity index (χ4n) is 2.90. The molecule has 0 bridgehead atoms. The third-order valence-corrected chi connectivity index (χ3v) is 4.49. The fourth-order valence-corrected chi connectivity index (χ4v) is 2.90. The normalized spacial score (nSPS) is 19.6. The molecule has 0 aromatic heterocycles. The minimum absolute atomic E-state index is 0.132. The number of ether oxygens (including phenoxy) is 1. The summed E-state index contributed by atoms with van der Waals surface area (Å²) in [4.78, 5) is 14.5. The van der Waals surface area contributed by atoms with Crippen LogP contribution < -0.4 is 5.32 Å². The summed E-state index contributed by atoms with van der Waals surface area (Å²) in [6, 6.07) is 1.09. The molecule has 0 radical (unpaired) electrons. The lowest BCUT2D eigenvalue weighted by atomic mass is 9.95. The number of hydrogen-bond acceptors (Lipinski definition) is 4. The van der Waals surface area contributed by atoms with Crippen molar-refractivity contribution in [3.63, 3.8) is 0 Å². The van der Waals surface area contributed by atoms with Crippen molar-refractivity contribution in [3.8, 4) is 0 Å². The van der Waals surface area contributed by atoms with Gasteiger partial charge >= 0.3 is 5.97 Å². The first kappa shape index (κ1) is 18.4. The minimum Gasteiger partial charge on any atom is -0.468 e. The van der Waals surface area contributed by atoms with Crippen molar-refractivity contribution in [2.24, 2.45) is 5.92 Å². The summed E-state index contributed by atoms with van der Waals surface area (Å²) in [6.07, 6.45) is 5.40. The van der Waals surface area contributed by atoms with E-state index in [0.29, 0.717) is 12.1 Å². The first-order valence-electron chi connectivity index (χ1n) is 8.35. The van der Waals surface area contributed by atoms with Gasteiger partial charge in [0.15, 0.2) is 0 Å². The van der Waals surface area contributed by atoms with E-state index in [0.717, 1.165) is 25.3 Å². The molecule has 1 fully saturated rings. The largest absolute Gasteiger partial charge is 0.468 e. The first-order valence-corrected chi connectivity index (χ1v) is 8.35. The van der Waals surface area contributed by atoms with E-state index in [9.17, 15) is 4.79 Å². The fraction of sp³-hybridized carbons (Fsp3) is 0.941. The van der Waals surface area contributed by atoms with Crippen LogP contribution in [0.4, 0.5) is 0 Å². The number of carbonyl (C=O) groups is 1. The molecular formula is C17H34N2O2. The summed E-state index contributed by atoms with van der Waals surface area (Å²) in [6.45, 7) is 9.81. The highest BCUT2D eigenvalue weighted by molar-refractivity contribution is 5.80. The summed E-state index contributed by atoms with van der Waals surface area (Å²) in [5.41, 5.74) is -0.530. The zero-order valence-electron chi connectivity index (χ0n) is 14.7. The zero-order chi connectivity index (χ0) is 16.0. The second-order valence-corrected chi connectivity index (χ2v) is 7.31. The van der Waals surface area contributed by atoms with E-state index in [1.807, 2.05) is 6.92 Å². The number of nitrogens with zero attached hydrogens (tertiary/aromatic N) is 1. The molecule has 0 spiro atoms. The van der Waals surface area contributed by atoms with Gasteiger partial charge in [0.05, 0.1) is 7.11 Å². The molecule has 0 heterocycles. The van der Waals surface area contributed by atoms with E-state index in [1.54, 1.807) is 0 Å². The van der Waals surface area contributed by atoms with E-state index in [4.69, 9.17) is 4.74 Å². The van der Waals surface area contributed by atoms with Crippen molar-refractivity contribution in [3.05, 3.63) is 0 Å². The molecule has 1 rings (SSSR count). The maximum absolute atomic E-state index is 12.1. The van der Waals surface area contributed by atoms with Gasteiger partial charge in [-0.15, -0.1) is 0 Å². The molecule has 4 heteroatoms. The van der Waals surface area contributed by atoms with Crippen LogP contribution in [0.5, 0.6) is 0 Å². The van der Waals surface area contributed by atoms with Crippen molar-refractivity contribution < 1.29 is 9.53 Å². The molecule has 0 saturated heterocycles. The third-order valence-electron chi connectivity index (χ3n) is 4.49. The molecule has 0 amide bonds. The first-order chi connectivity index (χ1) is 9.78. The maximum Gasteiger partial charge on any atom is 0.325 e. The highest BCUT2D eigenvalue weighted by Crippen LogP contribution is 2.25. The number of esters is 1. The van der Waals surface area contributed by atoms with E-state index in [1.165, 1.54) is 26.4 Å². The standard InChI is InChI=1S/C17H34N2O2/c1-13(2)12-14(3)19(5)11-7-10-17(4,16(20)21-6)18-15-8-9-15/h13-15,18H,7-12H2,1-6H3. The molecule has 0 aliphatic heterocycles. The van der Waals surface area contributed by atoms with Crippen LogP contribution in [0.15, 0.2) is 0 Å². The Kier molecular flexibility index (Phi) is 7.14. The Labute approximate surface area is 130 Å². The predicted octanol–water partition coefficient (Wildman–Crippen LogP) is 2.82. The highest BCUT2D eigenvalue weighted by atomic mass is 16.5. The number of methoxy groups -OCH3 is 1. The number of carbonyl (C=O) groups excluding carboxylic acids is 1. The smallest absolute Gasteiger partial charge is 0.325 e. The molecule has 21 heavy (non-hydrogen) atoms. The van der Waals surface area contributed by atoms with Crippen molar-refractivity contribution in [1.29, 1.82) is 0 Å². The molecule has 1 N–H and O–H groups in total. The zero-order valence-corrected chi connectivity index (χ0v) is 14.7. The van der Waals surface area contributed by atoms with Gasteiger partial charge in [-0.3, -0.25) is 10.1 Å². The third kappa shape index (κ3) is 6.35. The Bertz CT molecular complexity index is 329. The van der Waals surface area contributed by atoms with Gasteiger partial charge in [-0.2, -0.15) is 0 Å². The van der Waals surface area contributed by atoms with E-state index >= 15 is 0 Å². The maximum atomic E-state index is 12.1. The Morgan fingerprint density at radius 1 is 1.38 bits per heavy atom. The summed E-state index contributed by atoms with van der Waals surface area (Å²) in [5, 5.41) is 3.46. The predicted molar refractivity (Wildman–Crippen MR) is 87.4 cm³/mol. The van der Waals surface area contributed by atoms with E-state index in [-0.39, 0.29) is 5.97 Å². The molecule has 1 aliphatic rings. The highest BCUT2D eigenvalue weighted by Gasteiger charge is 2.38. The van der Waals surface area contributed by atoms with Gasteiger partial charge in [-0.25, -0.2) is 0 Å². The second kappa shape index (κ2) is 8.14. The summed E-state index contributed by atoms with van der Waals surface area (Å²) in [5.74, 6) is 0.589. The van der Waals surface area contributed by atoms with Gasteiger partial charge in [0.25, 0.3) is 0 Å². The van der Waals surface area contributed by atoms with Gasteiger partial charge in [-0.1, -0.05) is 13.8 Å². The molecule has 1 saturated carbocycles. The second-order valence-electron chi connectivity index (χ2n) is 7.31. The van der Waals surface area contributed by atoms with Crippen LogP contribution >= 0.6 is 0 Å². The quantitative estimate of drug-likeness (QED) is 0.630. The number of rotatable bonds is 10. The van der Waals surface area contributed by atoms with Gasteiger partial charge in [0.2, 0.25) is 0 Å².